The van der Waals surface area contributed by atoms with Gasteiger partial charge in [-0.25, -0.2) is 30.3 Å². The molecule has 3 atom stereocenters. The molecular formula is C24H20F5NO5S3. The molecule has 6 nitrogen and oxygen atoms in total. The maximum atomic E-state index is 15.3. The lowest BCUT2D eigenvalue weighted by Gasteiger charge is -2.49. The highest BCUT2D eigenvalue weighted by atomic mass is 32.2. The van der Waals surface area contributed by atoms with E-state index in [4.69, 9.17) is 4.74 Å². The first-order chi connectivity index (χ1) is 17.8. The van der Waals surface area contributed by atoms with Crippen LogP contribution in [0, 0.1) is 17.6 Å². The average Bonchev–Trinajstić information content (AvgIpc) is 3.41. The van der Waals surface area contributed by atoms with E-state index in [0.717, 1.165) is 35.6 Å². The molecule has 2 aliphatic rings. The van der Waals surface area contributed by atoms with Gasteiger partial charge < -0.3 is 4.74 Å². The molecule has 0 bridgehead atoms. The van der Waals surface area contributed by atoms with Crippen molar-refractivity contribution in [1.82, 2.24) is 4.72 Å². The minimum atomic E-state index is -4.71. The summed E-state index contributed by atoms with van der Waals surface area (Å²) in [6.45, 7) is -0.371. The SMILES string of the molecule is O=S(=O)(N[C@@H]1CC[C@@]2(S(=O)(=O)c3ccc(C(F)(F)F)cc3)c3c(F)ccc(F)c3OC[C@H]2C1)c1cccs1. The Labute approximate surface area is 219 Å². The van der Waals surface area contributed by atoms with Crippen molar-refractivity contribution in [2.24, 2.45) is 5.92 Å². The zero-order chi connectivity index (χ0) is 27.5. The van der Waals surface area contributed by atoms with E-state index in [9.17, 15) is 34.4 Å². The lowest BCUT2D eigenvalue weighted by molar-refractivity contribution is -0.137. The van der Waals surface area contributed by atoms with Crippen LogP contribution < -0.4 is 9.46 Å². The van der Waals surface area contributed by atoms with E-state index in [1.807, 2.05) is 0 Å². The second-order valence-corrected chi connectivity index (χ2v) is 14.3. The highest BCUT2D eigenvalue weighted by Crippen LogP contribution is 2.56. The summed E-state index contributed by atoms with van der Waals surface area (Å²) in [7, 11) is -8.56. The largest absolute Gasteiger partial charge is 0.490 e. The molecule has 3 aromatic rings. The Morgan fingerprint density at radius 1 is 0.974 bits per heavy atom. The predicted octanol–water partition coefficient (Wildman–Crippen LogP) is 5.25. The number of ether oxygens (including phenoxy) is 1. The number of sulfonamides is 1. The maximum Gasteiger partial charge on any atom is 0.416 e. The van der Waals surface area contributed by atoms with Crippen molar-refractivity contribution in [3.63, 3.8) is 0 Å². The molecule has 38 heavy (non-hydrogen) atoms. The van der Waals surface area contributed by atoms with Crippen LogP contribution in [0.1, 0.15) is 30.4 Å². The van der Waals surface area contributed by atoms with Gasteiger partial charge in [0, 0.05) is 12.0 Å². The molecule has 1 saturated carbocycles. The van der Waals surface area contributed by atoms with Crippen LogP contribution in [0.4, 0.5) is 22.0 Å². The predicted molar refractivity (Wildman–Crippen MR) is 128 cm³/mol. The summed E-state index contributed by atoms with van der Waals surface area (Å²) in [5, 5.41) is 1.58. The fourth-order valence-corrected chi connectivity index (χ4v) is 10.0. The van der Waals surface area contributed by atoms with Crippen molar-refractivity contribution < 1.29 is 43.5 Å². The quantitative estimate of drug-likeness (QED) is 0.408. The summed E-state index contributed by atoms with van der Waals surface area (Å²) in [5.74, 6) is -3.64. The third-order valence-electron chi connectivity index (χ3n) is 7.06. The molecule has 0 saturated heterocycles. The first-order valence-corrected chi connectivity index (χ1v) is 15.2. The second-order valence-electron chi connectivity index (χ2n) is 9.18. The van der Waals surface area contributed by atoms with Gasteiger partial charge in [0.15, 0.2) is 21.4 Å². The molecule has 0 unspecified atom stereocenters. The highest BCUT2D eigenvalue weighted by molar-refractivity contribution is 7.92. The molecule has 1 aliphatic carbocycles. The highest BCUT2D eigenvalue weighted by Gasteiger charge is 2.60. The Morgan fingerprint density at radius 2 is 1.66 bits per heavy atom. The number of fused-ring (bicyclic) bond motifs is 3. The number of rotatable bonds is 5. The Hall–Kier alpha value is -2.55. The molecule has 2 aromatic carbocycles. The third kappa shape index (κ3) is 4.31. The van der Waals surface area contributed by atoms with Gasteiger partial charge in [-0.3, -0.25) is 0 Å². The Bertz CT molecular complexity index is 1570. The topological polar surface area (TPSA) is 89.5 Å². The molecule has 1 aliphatic heterocycles. The monoisotopic (exact) mass is 593 g/mol. The Kier molecular flexibility index (Phi) is 6.60. The molecule has 0 spiro atoms. The number of nitrogens with one attached hydrogen (secondary N) is 1. The summed E-state index contributed by atoms with van der Waals surface area (Å²) >= 11 is 0.997. The maximum absolute atomic E-state index is 15.3. The van der Waals surface area contributed by atoms with Crippen molar-refractivity contribution in [2.75, 3.05) is 6.61 Å². The number of halogens is 5. The molecule has 1 fully saturated rings. The summed E-state index contributed by atoms with van der Waals surface area (Å²) in [6, 6.07) is 6.61. The second kappa shape index (κ2) is 9.28. The van der Waals surface area contributed by atoms with Crippen LogP contribution in [0.3, 0.4) is 0 Å². The van der Waals surface area contributed by atoms with Crippen molar-refractivity contribution in [3.05, 3.63) is 76.7 Å². The first-order valence-electron chi connectivity index (χ1n) is 11.4. The fraction of sp³-hybridized carbons (Fsp3) is 0.333. The van der Waals surface area contributed by atoms with E-state index in [1.54, 1.807) is 11.4 Å². The number of sulfone groups is 1. The van der Waals surface area contributed by atoms with Gasteiger partial charge >= 0.3 is 6.18 Å². The molecule has 2 heterocycles. The minimum absolute atomic E-state index is 0.0592. The number of thiophene rings is 1. The van der Waals surface area contributed by atoms with Gasteiger partial charge in [0.2, 0.25) is 10.0 Å². The van der Waals surface area contributed by atoms with Crippen molar-refractivity contribution in [1.29, 1.82) is 0 Å². The van der Waals surface area contributed by atoms with Crippen LogP contribution in [0.2, 0.25) is 0 Å². The van der Waals surface area contributed by atoms with Gasteiger partial charge in [-0.05, 0) is 67.1 Å². The number of hydrogen-bond acceptors (Lipinski definition) is 6. The van der Waals surface area contributed by atoms with E-state index in [1.165, 1.54) is 6.07 Å². The Balaban J connectivity index is 1.60. The van der Waals surface area contributed by atoms with E-state index in [0.29, 0.717) is 12.1 Å². The van der Waals surface area contributed by atoms with Crippen molar-refractivity contribution in [3.8, 4) is 5.75 Å². The molecule has 204 valence electrons. The summed E-state index contributed by atoms with van der Waals surface area (Å²) in [4.78, 5) is -0.496. The van der Waals surface area contributed by atoms with Gasteiger partial charge in [-0.1, -0.05) is 6.07 Å². The molecule has 1 aromatic heterocycles. The van der Waals surface area contributed by atoms with E-state index in [2.05, 4.69) is 4.72 Å². The van der Waals surface area contributed by atoms with Crippen LogP contribution in [0.25, 0.3) is 0 Å². The van der Waals surface area contributed by atoms with Gasteiger partial charge in [-0.15, -0.1) is 11.3 Å². The smallest absolute Gasteiger partial charge is 0.416 e. The number of hydrogen-bond donors (Lipinski definition) is 1. The van der Waals surface area contributed by atoms with Gasteiger partial charge in [-0.2, -0.15) is 13.2 Å². The summed E-state index contributed by atoms with van der Waals surface area (Å²) in [6.07, 6.45) is -5.19. The van der Waals surface area contributed by atoms with Crippen molar-refractivity contribution >= 4 is 31.2 Å². The van der Waals surface area contributed by atoms with E-state index >= 15 is 4.39 Å². The lowest BCUT2D eigenvalue weighted by atomic mass is 9.71. The zero-order valence-electron chi connectivity index (χ0n) is 19.3. The van der Waals surface area contributed by atoms with E-state index < -0.39 is 76.1 Å². The molecule has 5 rings (SSSR count). The van der Waals surface area contributed by atoms with Gasteiger partial charge in [0.25, 0.3) is 0 Å². The molecule has 1 N–H and O–H groups in total. The van der Waals surface area contributed by atoms with Crippen LogP contribution in [0.5, 0.6) is 5.75 Å². The molecular weight excluding hydrogens is 573 g/mol. The van der Waals surface area contributed by atoms with Crippen LogP contribution in [-0.2, 0) is 30.8 Å². The summed E-state index contributed by atoms with van der Waals surface area (Å²) < 4.78 is 129. The van der Waals surface area contributed by atoms with Crippen LogP contribution in [0.15, 0.2) is 63.0 Å². The van der Waals surface area contributed by atoms with Gasteiger partial charge in [0.1, 0.15) is 14.8 Å². The van der Waals surface area contributed by atoms with Crippen LogP contribution in [-0.4, -0.2) is 29.5 Å². The van der Waals surface area contributed by atoms with Gasteiger partial charge in [0.05, 0.1) is 22.6 Å². The minimum Gasteiger partial charge on any atom is -0.490 e. The standard InChI is InChI=1S/C24H20F5NO5S3/c25-18-7-8-19(26)22-21(18)23(37(31,32)17-5-3-14(4-6-17)24(27,28)29)10-9-16(12-15(23)13-35-22)30-38(33,34)20-2-1-11-36-20/h1-8,11,15-16,30H,9-10,12-13H2/t15-,16-,23+/m1/s1. The average molecular weight is 594 g/mol. The van der Waals surface area contributed by atoms with E-state index in [-0.39, 0.29) is 30.1 Å². The molecule has 0 radical (unpaired) electrons. The zero-order valence-corrected chi connectivity index (χ0v) is 21.8. The lowest BCUT2D eigenvalue weighted by Crippen LogP contribution is -2.55. The van der Waals surface area contributed by atoms with Crippen LogP contribution >= 0.6 is 11.3 Å². The molecule has 0 amide bonds. The first kappa shape index (κ1) is 27.0. The fourth-order valence-electron chi connectivity index (χ4n) is 5.35. The third-order valence-corrected chi connectivity index (χ3v) is 12.6. The summed E-state index contributed by atoms with van der Waals surface area (Å²) in [5.41, 5.74) is -1.60. The van der Waals surface area contributed by atoms with Crippen molar-refractivity contribution in [2.45, 2.75) is 45.3 Å². The number of alkyl halides is 3. The molecule has 14 heteroatoms. The normalized spacial score (nSPS) is 23.8. The number of benzene rings is 2. The Morgan fingerprint density at radius 3 is 2.29 bits per heavy atom.